The van der Waals surface area contributed by atoms with Gasteiger partial charge in [0.15, 0.2) is 10.2 Å². The number of hydrogen-bond acceptors (Lipinski definition) is 5. The van der Waals surface area contributed by atoms with Gasteiger partial charge in [-0.1, -0.05) is 17.7 Å². The van der Waals surface area contributed by atoms with Crippen molar-refractivity contribution in [3.05, 3.63) is 47.5 Å². The molecule has 4 rings (SSSR count). The van der Waals surface area contributed by atoms with E-state index < -0.39 is 16.1 Å². The van der Waals surface area contributed by atoms with Gasteiger partial charge in [-0.05, 0) is 25.5 Å². The van der Waals surface area contributed by atoms with Crippen molar-refractivity contribution in [3.8, 4) is 0 Å². The monoisotopic (exact) mass is 395 g/mol. The Morgan fingerprint density at radius 3 is 3.04 bits per heavy atom. The zero-order chi connectivity index (χ0) is 18.3. The Hall–Kier alpha value is -1.94. The van der Waals surface area contributed by atoms with E-state index in [4.69, 9.17) is 16.3 Å². The van der Waals surface area contributed by atoms with Gasteiger partial charge in [-0.2, -0.15) is 5.10 Å². The van der Waals surface area contributed by atoms with E-state index >= 15 is 0 Å². The molecule has 0 bridgehead atoms. The first-order valence-electron chi connectivity index (χ1n) is 8.28. The second-order valence-corrected chi connectivity index (χ2v) is 8.06. The van der Waals surface area contributed by atoms with Crippen LogP contribution in [-0.2, 0) is 21.3 Å². The SMILES string of the molecule is CCn1cc([C@H]2OCC[C@@H]2NS(=O)(=O)c2c(Cl)nc3ccccn23)cn1. The number of ether oxygens (including phenoxy) is 1. The van der Waals surface area contributed by atoms with Gasteiger partial charge >= 0.3 is 0 Å². The van der Waals surface area contributed by atoms with Gasteiger partial charge in [-0.25, -0.2) is 18.1 Å². The van der Waals surface area contributed by atoms with E-state index in [1.54, 1.807) is 35.3 Å². The Bertz CT molecular complexity index is 1050. The number of imidazole rings is 1. The lowest BCUT2D eigenvalue weighted by atomic mass is 10.1. The topological polar surface area (TPSA) is 90.5 Å². The molecule has 138 valence electrons. The molecule has 0 aliphatic carbocycles. The molecule has 1 saturated heterocycles. The smallest absolute Gasteiger partial charge is 0.260 e. The van der Waals surface area contributed by atoms with E-state index in [1.165, 1.54) is 4.40 Å². The highest BCUT2D eigenvalue weighted by Crippen LogP contribution is 2.31. The third kappa shape index (κ3) is 3.01. The van der Waals surface area contributed by atoms with Gasteiger partial charge in [0.2, 0.25) is 0 Å². The Morgan fingerprint density at radius 2 is 2.27 bits per heavy atom. The molecule has 0 radical (unpaired) electrons. The van der Waals surface area contributed by atoms with E-state index in [1.807, 2.05) is 13.1 Å². The van der Waals surface area contributed by atoms with E-state index in [0.29, 0.717) is 18.7 Å². The minimum absolute atomic E-state index is 0.0574. The number of aromatic nitrogens is 4. The van der Waals surface area contributed by atoms with Crippen LogP contribution in [-0.4, -0.2) is 40.2 Å². The predicted octanol–water partition coefficient (Wildman–Crippen LogP) is 2.01. The lowest BCUT2D eigenvalue weighted by molar-refractivity contribution is 0.102. The maximum absolute atomic E-state index is 13.0. The maximum atomic E-state index is 13.0. The van der Waals surface area contributed by atoms with Gasteiger partial charge in [-0.3, -0.25) is 9.08 Å². The number of nitrogens with zero attached hydrogens (tertiary/aromatic N) is 4. The number of pyridine rings is 1. The van der Waals surface area contributed by atoms with Crippen LogP contribution < -0.4 is 4.72 Å². The molecule has 1 aliphatic rings. The van der Waals surface area contributed by atoms with Crippen molar-refractivity contribution in [1.29, 1.82) is 0 Å². The fourth-order valence-corrected chi connectivity index (χ4v) is 5.09. The van der Waals surface area contributed by atoms with Crippen LogP contribution in [0.15, 0.2) is 41.8 Å². The third-order valence-corrected chi connectivity index (χ3v) is 6.29. The fraction of sp³-hybridized carbons (Fsp3) is 0.375. The highest BCUT2D eigenvalue weighted by atomic mass is 35.5. The van der Waals surface area contributed by atoms with Gasteiger partial charge in [0.25, 0.3) is 10.0 Å². The molecule has 0 unspecified atom stereocenters. The number of rotatable bonds is 5. The number of sulfonamides is 1. The van der Waals surface area contributed by atoms with Crippen LogP contribution in [0.25, 0.3) is 5.65 Å². The van der Waals surface area contributed by atoms with Crippen molar-refractivity contribution >= 4 is 27.3 Å². The first kappa shape index (κ1) is 17.5. The predicted molar refractivity (Wildman–Crippen MR) is 95.5 cm³/mol. The Kier molecular flexibility index (Phi) is 4.47. The molecule has 0 amide bonds. The van der Waals surface area contributed by atoms with Crippen molar-refractivity contribution in [1.82, 2.24) is 23.9 Å². The Balaban J connectivity index is 1.65. The van der Waals surface area contributed by atoms with Gasteiger partial charge in [0.05, 0.1) is 12.2 Å². The zero-order valence-corrected chi connectivity index (χ0v) is 15.6. The van der Waals surface area contributed by atoms with E-state index in [2.05, 4.69) is 14.8 Å². The summed E-state index contributed by atoms with van der Waals surface area (Å²) in [5, 5.41) is 4.12. The standard InChI is InChI=1S/C16H18ClN5O3S/c1-2-21-10-11(9-18-21)14-12(6-8-25-14)20-26(23,24)16-15(17)19-13-5-3-4-7-22(13)16/h3-5,7,9-10,12,14,20H,2,6,8H2,1H3/t12-,14+/m0/s1. The first-order chi connectivity index (χ1) is 12.5. The molecule has 8 nitrogen and oxygen atoms in total. The summed E-state index contributed by atoms with van der Waals surface area (Å²) in [5.74, 6) is 0. The van der Waals surface area contributed by atoms with Gasteiger partial charge in [0, 0.05) is 31.1 Å². The quantitative estimate of drug-likeness (QED) is 0.713. The Labute approximate surface area is 155 Å². The molecule has 1 N–H and O–H groups in total. The van der Waals surface area contributed by atoms with Gasteiger partial charge in [0.1, 0.15) is 11.8 Å². The summed E-state index contributed by atoms with van der Waals surface area (Å²) in [7, 11) is -3.89. The molecule has 10 heteroatoms. The van der Waals surface area contributed by atoms with Crippen LogP contribution in [0, 0.1) is 0 Å². The molecule has 4 heterocycles. The van der Waals surface area contributed by atoms with E-state index in [-0.39, 0.29) is 16.3 Å². The van der Waals surface area contributed by atoms with Crippen LogP contribution in [0.3, 0.4) is 0 Å². The average Bonchev–Trinajstić information content (AvgIpc) is 3.30. The molecular formula is C16H18ClN5O3S. The summed E-state index contributed by atoms with van der Waals surface area (Å²) >= 11 is 6.12. The van der Waals surface area contributed by atoms with Gasteiger partial charge < -0.3 is 4.74 Å². The lowest BCUT2D eigenvalue weighted by Crippen LogP contribution is -2.37. The first-order valence-corrected chi connectivity index (χ1v) is 10.1. The van der Waals surface area contributed by atoms with Crippen molar-refractivity contribution in [3.63, 3.8) is 0 Å². The molecule has 3 aromatic heterocycles. The number of aryl methyl sites for hydroxylation is 1. The minimum atomic E-state index is -3.89. The molecule has 3 aromatic rings. The molecule has 0 saturated carbocycles. The van der Waals surface area contributed by atoms with E-state index in [0.717, 1.165) is 12.1 Å². The number of halogens is 1. The van der Waals surface area contributed by atoms with Crippen molar-refractivity contribution in [2.75, 3.05) is 6.61 Å². The summed E-state index contributed by atoms with van der Waals surface area (Å²) in [6.45, 7) is 3.19. The second kappa shape index (κ2) is 6.66. The molecule has 26 heavy (non-hydrogen) atoms. The van der Waals surface area contributed by atoms with Crippen LogP contribution >= 0.6 is 11.6 Å². The average molecular weight is 396 g/mol. The molecule has 1 aliphatic heterocycles. The normalized spacial score (nSPS) is 20.8. The number of fused-ring (bicyclic) bond motifs is 1. The Morgan fingerprint density at radius 1 is 1.42 bits per heavy atom. The highest BCUT2D eigenvalue weighted by Gasteiger charge is 2.36. The van der Waals surface area contributed by atoms with Crippen molar-refractivity contribution in [2.24, 2.45) is 0 Å². The van der Waals surface area contributed by atoms with Crippen LogP contribution in [0.4, 0.5) is 0 Å². The summed E-state index contributed by atoms with van der Waals surface area (Å²) in [6.07, 6.45) is 5.38. The molecular weight excluding hydrogens is 378 g/mol. The second-order valence-electron chi connectivity index (χ2n) is 6.07. The zero-order valence-electron chi connectivity index (χ0n) is 14.0. The molecule has 0 aromatic carbocycles. The summed E-state index contributed by atoms with van der Waals surface area (Å²) in [5.41, 5.74) is 1.32. The summed E-state index contributed by atoms with van der Waals surface area (Å²) in [4.78, 5) is 4.11. The minimum Gasteiger partial charge on any atom is -0.372 e. The number of nitrogens with one attached hydrogen (secondary N) is 1. The summed E-state index contributed by atoms with van der Waals surface area (Å²) < 4.78 is 37.7. The van der Waals surface area contributed by atoms with E-state index in [9.17, 15) is 8.42 Å². The van der Waals surface area contributed by atoms with Gasteiger partial charge in [-0.15, -0.1) is 0 Å². The number of hydrogen-bond donors (Lipinski definition) is 1. The van der Waals surface area contributed by atoms with Crippen molar-refractivity contribution in [2.45, 2.75) is 37.1 Å². The van der Waals surface area contributed by atoms with Crippen molar-refractivity contribution < 1.29 is 13.2 Å². The molecule has 2 atom stereocenters. The highest BCUT2D eigenvalue weighted by molar-refractivity contribution is 7.89. The molecule has 0 spiro atoms. The lowest BCUT2D eigenvalue weighted by Gasteiger charge is -2.18. The van der Waals surface area contributed by atoms with Crippen LogP contribution in [0.5, 0.6) is 0 Å². The maximum Gasteiger partial charge on any atom is 0.260 e. The summed E-state index contributed by atoms with van der Waals surface area (Å²) in [6, 6.07) is 4.80. The fourth-order valence-electron chi connectivity index (χ4n) is 3.18. The molecule has 1 fully saturated rings. The van der Waals surface area contributed by atoms with Crippen LogP contribution in [0.2, 0.25) is 5.15 Å². The largest absolute Gasteiger partial charge is 0.372 e. The van der Waals surface area contributed by atoms with Crippen LogP contribution in [0.1, 0.15) is 25.0 Å². The third-order valence-electron chi connectivity index (χ3n) is 4.40.